The standard InChI is InChI=1S/C15H15BrCl2N2O/c1-3-19-8-10-4-5-15(20-9(10)2)21-14-7-12(17)11(16)6-13(14)18/h4-7,19H,3,8H2,1-2H3. The summed E-state index contributed by atoms with van der Waals surface area (Å²) in [5.74, 6) is 0.976. The van der Waals surface area contributed by atoms with Crippen LogP contribution >= 0.6 is 39.1 Å². The van der Waals surface area contributed by atoms with Gasteiger partial charge in [-0.1, -0.05) is 36.2 Å². The fourth-order valence-electron chi connectivity index (χ4n) is 1.77. The number of halogens is 3. The van der Waals surface area contributed by atoms with Gasteiger partial charge < -0.3 is 10.1 Å². The monoisotopic (exact) mass is 388 g/mol. The maximum Gasteiger partial charge on any atom is 0.219 e. The van der Waals surface area contributed by atoms with Crippen molar-refractivity contribution >= 4 is 39.1 Å². The molecule has 21 heavy (non-hydrogen) atoms. The minimum atomic E-state index is 0.474. The Hall–Kier alpha value is -0.810. The van der Waals surface area contributed by atoms with Gasteiger partial charge in [0.05, 0.1) is 10.0 Å². The summed E-state index contributed by atoms with van der Waals surface area (Å²) in [6.07, 6.45) is 0. The number of ether oxygens (including phenoxy) is 1. The Morgan fingerprint density at radius 3 is 2.67 bits per heavy atom. The van der Waals surface area contributed by atoms with Crippen LogP contribution in [0.15, 0.2) is 28.7 Å². The molecule has 1 aromatic heterocycles. The molecule has 0 amide bonds. The van der Waals surface area contributed by atoms with E-state index in [2.05, 4.69) is 33.2 Å². The fraction of sp³-hybridized carbons (Fsp3) is 0.267. The second-order valence-electron chi connectivity index (χ2n) is 4.47. The molecule has 1 aromatic carbocycles. The minimum Gasteiger partial charge on any atom is -0.437 e. The fourth-order valence-corrected chi connectivity index (χ4v) is 2.60. The molecular weight excluding hydrogens is 375 g/mol. The van der Waals surface area contributed by atoms with E-state index >= 15 is 0 Å². The van der Waals surface area contributed by atoms with Crippen molar-refractivity contribution < 1.29 is 4.74 Å². The van der Waals surface area contributed by atoms with E-state index in [9.17, 15) is 0 Å². The second kappa shape index (κ2) is 7.45. The van der Waals surface area contributed by atoms with E-state index in [1.54, 1.807) is 12.1 Å². The normalized spacial score (nSPS) is 10.7. The van der Waals surface area contributed by atoms with Gasteiger partial charge in [-0.15, -0.1) is 0 Å². The lowest BCUT2D eigenvalue weighted by Crippen LogP contribution is -2.13. The number of hydrogen-bond acceptors (Lipinski definition) is 3. The van der Waals surface area contributed by atoms with Crippen LogP contribution in [0.1, 0.15) is 18.2 Å². The maximum atomic E-state index is 6.14. The van der Waals surface area contributed by atoms with Gasteiger partial charge in [-0.2, -0.15) is 0 Å². The molecule has 0 unspecified atom stereocenters. The predicted molar refractivity (Wildman–Crippen MR) is 90.6 cm³/mol. The van der Waals surface area contributed by atoms with Crippen LogP contribution < -0.4 is 10.1 Å². The molecule has 3 nitrogen and oxygen atoms in total. The smallest absolute Gasteiger partial charge is 0.219 e. The molecular formula is C15H15BrCl2N2O. The molecule has 1 heterocycles. The first-order chi connectivity index (χ1) is 10.0. The molecule has 0 aliphatic carbocycles. The number of nitrogens with one attached hydrogen (secondary N) is 1. The van der Waals surface area contributed by atoms with Gasteiger partial charge in [0.15, 0.2) is 0 Å². The Bertz CT molecular complexity index is 650. The first kappa shape index (κ1) is 16.6. The van der Waals surface area contributed by atoms with E-state index in [1.807, 2.05) is 19.1 Å². The van der Waals surface area contributed by atoms with E-state index in [4.69, 9.17) is 27.9 Å². The molecule has 0 aliphatic heterocycles. The van der Waals surface area contributed by atoms with Crippen LogP contribution in [0.3, 0.4) is 0 Å². The van der Waals surface area contributed by atoms with Crippen molar-refractivity contribution in [2.75, 3.05) is 6.54 Å². The first-order valence-corrected chi connectivity index (χ1v) is 8.05. The van der Waals surface area contributed by atoms with Crippen LogP contribution in [0.2, 0.25) is 10.0 Å². The largest absolute Gasteiger partial charge is 0.437 e. The number of hydrogen-bond donors (Lipinski definition) is 1. The summed E-state index contributed by atoms with van der Waals surface area (Å²) >= 11 is 15.5. The zero-order valence-corrected chi connectivity index (χ0v) is 14.8. The number of aryl methyl sites for hydroxylation is 1. The number of benzene rings is 1. The van der Waals surface area contributed by atoms with Crippen LogP contribution in [0, 0.1) is 6.92 Å². The highest BCUT2D eigenvalue weighted by Crippen LogP contribution is 2.36. The predicted octanol–water partition coefficient (Wildman–Crippen LogP) is 5.36. The summed E-state index contributed by atoms with van der Waals surface area (Å²) in [6.45, 7) is 5.74. The van der Waals surface area contributed by atoms with Crippen LogP contribution in [-0.4, -0.2) is 11.5 Å². The van der Waals surface area contributed by atoms with Crippen molar-refractivity contribution in [1.82, 2.24) is 10.3 Å². The van der Waals surface area contributed by atoms with Crippen molar-refractivity contribution in [3.63, 3.8) is 0 Å². The topological polar surface area (TPSA) is 34.1 Å². The molecule has 0 spiro atoms. The lowest BCUT2D eigenvalue weighted by molar-refractivity contribution is 0.461. The SMILES string of the molecule is CCNCc1ccc(Oc2cc(Cl)c(Br)cc2Cl)nc1C. The van der Waals surface area contributed by atoms with Gasteiger partial charge >= 0.3 is 0 Å². The van der Waals surface area contributed by atoms with Gasteiger partial charge in [0, 0.05) is 28.8 Å². The molecule has 2 aromatic rings. The van der Waals surface area contributed by atoms with E-state index in [-0.39, 0.29) is 0 Å². The number of aromatic nitrogens is 1. The minimum absolute atomic E-state index is 0.474. The third kappa shape index (κ3) is 4.33. The van der Waals surface area contributed by atoms with E-state index < -0.39 is 0 Å². The summed E-state index contributed by atoms with van der Waals surface area (Å²) in [7, 11) is 0. The summed E-state index contributed by atoms with van der Waals surface area (Å²) in [5.41, 5.74) is 2.07. The average Bonchev–Trinajstić information content (AvgIpc) is 2.44. The molecule has 0 fully saturated rings. The molecule has 0 radical (unpaired) electrons. The summed E-state index contributed by atoms with van der Waals surface area (Å²) < 4.78 is 6.44. The number of pyridine rings is 1. The lowest BCUT2D eigenvalue weighted by Gasteiger charge is -2.11. The van der Waals surface area contributed by atoms with Crippen molar-refractivity contribution in [3.8, 4) is 11.6 Å². The Kier molecular flexibility index (Phi) is 5.88. The van der Waals surface area contributed by atoms with Crippen LogP contribution in [-0.2, 0) is 6.54 Å². The summed E-state index contributed by atoms with van der Waals surface area (Å²) in [5, 5.41) is 4.28. The zero-order valence-electron chi connectivity index (χ0n) is 11.7. The Balaban J connectivity index is 2.20. The van der Waals surface area contributed by atoms with E-state index in [0.717, 1.165) is 28.8 Å². The second-order valence-corrected chi connectivity index (χ2v) is 6.14. The zero-order chi connectivity index (χ0) is 15.4. The molecule has 0 saturated carbocycles. The van der Waals surface area contributed by atoms with Crippen LogP contribution in [0.4, 0.5) is 0 Å². The first-order valence-electron chi connectivity index (χ1n) is 6.51. The Morgan fingerprint density at radius 2 is 2.00 bits per heavy atom. The molecule has 2 rings (SSSR count). The highest BCUT2D eigenvalue weighted by atomic mass is 79.9. The van der Waals surface area contributed by atoms with E-state index in [1.165, 1.54) is 0 Å². The maximum absolute atomic E-state index is 6.14. The van der Waals surface area contributed by atoms with Gasteiger partial charge in [0.1, 0.15) is 5.75 Å². The molecule has 1 N–H and O–H groups in total. The average molecular weight is 390 g/mol. The molecule has 0 atom stereocenters. The van der Waals surface area contributed by atoms with Gasteiger partial charge in [0.2, 0.25) is 5.88 Å². The van der Waals surface area contributed by atoms with Gasteiger partial charge in [0.25, 0.3) is 0 Å². The van der Waals surface area contributed by atoms with Gasteiger partial charge in [-0.3, -0.25) is 0 Å². The third-order valence-electron chi connectivity index (χ3n) is 2.92. The summed E-state index contributed by atoms with van der Waals surface area (Å²) in [6, 6.07) is 7.18. The van der Waals surface area contributed by atoms with Crippen molar-refractivity contribution in [2.45, 2.75) is 20.4 Å². The molecule has 6 heteroatoms. The van der Waals surface area contributed by atoms with Crippen molar-refractivity contribution in [3.05, 3.63) is 50.0 Å². The third-order valence-corrected chi connectivity index (χ3v) is 4.42. The van der Waals surface area contributed by atoms with Crippen molar-refractivity contribution in [1.29, 1.82) is 0 Å². The highest BCUT2D eigenvalue weighted by Gasteiger charge is 2.09. The molecule has 0 aliphatic rings. The molecule has 0 bridgehead atoms. The van der Waals surface area contributed by atoms with Crippen LogP contribution in [0.25, 0.3) is 0 Å². The van der Waals surface area contributed by atoms with Crippen molar-refractivity contribution in [2.24, 2.45) is 0 Å². The number of rotatable bonds is 5. The molecule has 0 saturated heterocycles. The highest BCUT2D eigenvalue weighted by molar-refractivity contribution is 9.10. The number of nitrogens with zero attached hydrogens (tertiary/aromatic N) is 1. The van der Waals surface area contributed by atoms with Crippen LogP contribution in [0.5, 0.6) is 11.6 Å². The Morgan fingerprint density at radius 1 is 1.24 bits per heavy atom. The van der Waals surface area contributed by atoms with E-state index in [0.29, 0.717) is 21.7 Å². The van der Waals surface area contributed by atoms with Gasteiger partial charge in [-0.25, -0.2) is 4.98 Å². The molecule has 112 valence electrons. The van der Waals surface area contributed by atoms with Gasteiger partial charge in [-0.05, 0) is 41.0 Å². The Labute approximate surface area is 142 Å². The quantitative estimate of drug-likeness (QED) is 0.698. The lowest BCUT2D eigenvalue weighted by atomic mass is 10.2. The summed E-state index contributed by atoms with van der Waals surface area (Å²) in [4.78, 5) is 4.44.